The van der Waals surface area contributed by atoms with Crippen LogP contribution in [0, 0.1) is 0 Å². The van der Waals surface area contributed by atoms with Crippen LogP contribution in [0.4, 0.5) is 11.4 Å². The quantitative estimate of drug-likeness (QED) is 0.350. The number of unbranched alkanes of at least 4 members (excludes halogenated alkanes) is 2. The number of rotatable bonds is 10. The van der Waals surface area contributed by atoms with Crippen molar-refractivity contribution >= 4 is 35.1 Å². The van der Waals surface area contributed by atoms with E-state index < -0.39 is 0 Å². The highest BCUT2D eigenvalue weighted by Gasteiger charge is 2.08. The standard InChI is InChI=1S/C16H26N4OS/c1-3-5-11-20(12-6-4-2)16(22)18-14-7-9-15(10-8-14)19-17-13-21/h7-10,13,19H,3-6,11-12H2,1-2H3,(H,17,21)(H,18,22). The number of nitrogens with zero attached hydrogens (tertiary/aromatic N) is 1. The molecule has 6 heteroatoms. The predicted octanol–water partition coefficient (Wildman–Crippen LogP) is 3.36. The molecule has 0 heterocycles. The van der Waals surface area contributed by atoms with Crippen LogP contribution in [0.25, 0.3) is 0 Å². The van der Waals surface area contributed by atoms with Crippen LogP contribution < -0.4 is 16.2 Å². The lowest BCUT2D eigenvalue weighted by atomic mass is 10.2. The molecule has 22 heavy (non-hydrogen) atoms. The van der Waals surface area contributed by atoms with Crippen molar-refractivity contribution in [3.8, 4) is 0 Å². The maximum absolute atomic E-state index is 10.2. The van der Waals surface area contributed by atoms with Crippen LogP contribution in [0.15, 0.2) is 24.3 Å². The van der Waals surface area contributed by atoms with Crippen molar-refractivity contribution in [2.24, 2.45) is 0 Å². The molecule has 1 amide bonds. The minimum absolute atomic E-state index is 0.598. The molecule has 3 N–H and O–H groups in total. The number of hydrogen-bond acceptors (Lipinski definition) is 3. The smallest absolute Gasteiger partial charge is 0.225 e. The van der Waals surface area contributed by atoms with Crippen molar-refractivity contribution in [1.82, 2.24) is 10.3 Å². The summed E-state index contributed by atoms with van der Waals surface area (Å²) < 4.78 is 0. The van der Waals surface area contributed by atoms with E-state index in [1.165, 1.54) is 0 Å². The Labute approximate surface area is 138 Å². The highest BCUT2D eigenvalue weighted by atomic mass is 32.1. The van der Waals surface area contributed by atoms with E-state index in [-0.39, 0.29) is 0 Å². The first-order valence-corrected chi connectivity index (χ1v) is 8.23. The molecule has 1 aromatic rings. The van der Waals surface area contributed by atoms with Gasteiger partial charge < -0.3 is 10.2 Å². The minimum Gasteiger partial charge on any atom is -0.349 e. The van der Waals surface area contributed by atoms with Crippen LogP contribution in [0.2, 0.25) is 0 Å². The van der Waals surface area contributed by atoms with Gasteiger partial charge in [-0.2, -0.15) is 0 Å². The molecular formula is C16H26N4OS. The van der Waals surface area contributed by atoms with Crippen molar-refractivity contribution in [1.29, 1.82) is 0 Å². The maximum Gasteiger partial charge on any atom is 0.225 e. The highest BCUT2D eigenvalue weighted by molar-refractivity contribution is 7.80. The molecule has 0 aliphatic carbocycles. The van der Waals surface area contributed by atoms with E-state index in [4.69, 9.17) is 12.2 Å². The molecule has 1 rings (SSSR count). The van der Waals surface area contributed by atoms with Crippen molar-refractivity contribution in [2.45, 2.75) is 39.5 Å². The van der Waals surface area contributed by atoms with Crippen LogP contribution in [-0.2, 0) is 4.79 Å². The van der Waals surface area contributed by atoms with Crippen molar-refractivity contribution in [2.75, 3.05) is 23.8 Å². The lowest BCUT2D eigenvalue weighted by Crippen LogP contribution is -2.36. The van der Waals surface area contributed by atoms with Crippen molar-refractivity contribution in [3.63, 3.8) is 0 Å². The van der Waals surface area contributed by atoms with Gasteiger partial charge in [-0.3, -0.25) is 15.6 Å². The zero-order valence-corrected chi connectivity index (χ0v) is 14.2. The van der Waals surface area contributed by atoms with Gasteiger partial charge in [0.05, 0.1) is 5.69 Å². The Morgan fingerprint density at radius 1 is 1.09 bits per heavy atom. The fraction of sp³-hybridized carbons (Fsp3) is 0.500. The molecule has 0 atom stereocenters. The molecule has 1 aromatic carbocycles. The average molecular weight is 322 g/mol. The first-order chi connectivity index (χ1) is 10.7. The summed E-state index contributed by atoms with van der Waals surface area (Å²) in [5.74, 6) is 0. The van der Waals surface area contributed by atoms with Crippen LogP contribution in [-0.4, -0.2) is 29.5 Å². The van der Waals surface area contributed by atoms with Gasteiger partial charge in [0.1, 0.15) is 0 Å². The molecule has 0 aliphatic heterocycles. The predicted molar refractivity (Wildman–Crippen MR) is 96.9 cm³/mol. The van der Waals surface area contributed by atoms with E-state index in [0.717, 1.165) is 55.3 Å². The Balaban J connectivity index is 2.57. The summed E-state index contributed by atoms with van der Waals surface area (Å²) in [4.78, 5) is 12.5. The molecule has 0 saturated heterocycles. The normalized spacial score (nSPS) is 9.91. The van der Waals surface area contributed by atoms with Crippen LogP contribution >= 0.6 is 12.2 Å². The number of thiocarbonyl (C=S) groups is 1. The summed E-state index contributed by atoms with van der Waals surface area (Å²) in [6, 6.07) is 7.62. The van der Waals surface area contributed by atoms with E-state index in [0.29, 0.717) is 6.41 Å². The maximum atomic E-state index is 10.2. The molecule has 0 spiro atoms. The summed E-state index contributed by atoms with van der Waals surface area (Å²) in [7, 11) is 0. The fourth-order valence-electron chi connectivity index (χ4n) is 1.97. The molecule has 0 bridgehead atoms. The molecule has 0 saturated carbocycles. The number of hydrogen-bond donors (Lipinski definition) is 3. The third-order valence-electron chi connectivity index (χ3n) is 3.26. The number of amides is 1. The number of hydrazine groups is 1. The van der Waals surface area contributed by atoms with Gasteiger partial charge in [0.15, 0.2) is 5.11 Å². The summed E-state index contributed by atoms with van der Waals surface area (Å²) in [5.41, 5.74) is 6.93. The SMILES string of the molecule is CCCCN(CCCC)C(=S)Nc1ccc(NNC=O)cc1. The van der Waals surface area contributed by atoms with Gasteiger partial charge in [-0.15, -0.1) is 0 Å². The van der Waals surface area contributed by atoms with Gasteiger partial charge >= 0.3 is 0 Å². The van der Waals surface area contributed by atoms with E-state index >= 15 is 0 Å². The summed E-state index contributed by atoms with van der Waals surface area (Å²) in [6.45, 7) is 6.36. The van der Waals surface area contributed by atoms with Crippen LogP contribution in [0.3, 0.4) is 0 Å². The molecule has 0 aliphatic rings. The fourth-order valence-corrected chi connectivity index (χ4v) is 2.27. The van der Waals surface area contributed by atoms with Crippen molar-refractivity contribution in [3.05, 3.63) is 24.3 Å². The molecule has 5 nitrogen and oxygen atoms in total. The van der Waals surface area contributed by atoms with E-state index in [9.17, 15) is 4.79 Å². The van der Waals surface area contributed by atoms with Gasteiger partial charge in [-0.25, -0.2) is 0 Å². The first-order valence-electron chi connectivity index (χ1n) is 7.82. The van der Waals surface area contributed by atoms with Crippen LogP contribution in [0.1, 0.15) is 39.5 Å². The highest BCUT2D eigenvalue weighted by Crippen LogP contribution is 2.14. The van der Waals surface area contributed by atoms with E-state index in [2.05, 4.69) is 34.9 Å². The second kappa shape index (κ2) is 10.8. The number of carbonyl (C=O) groups is 1. The Morgan fingerprint density at radius 3 is 2.14 bits per heavy atom. The largest absolute Gasteiger partial charge is 0.349 e. The second-order valence-electron chi connectivity index (χ2n) is 5.09. The molecular weight excluding hydrogens is 296 g/mol. The summed E-state index contributed by atoms with van der Waals surface area (Å²) >= 11 is 5.53. The van der Waals surface area contributed by atoms with Crippen molar-refractivity contribution < 1.29 is 4.79 Å². The minimum atomic E-state index is 0.598. The monoisotopic (exact) mass is 322 g/mol. The van der Waals surface area contributed by atoms with Gasteiger partial charge in [0.2, 0.25) is 6.41 Å². The van der Waals surface area contributed by atoms with Gasteiger partial charge in [-0.05, 0) is 49.3 Å². The number of benzene rings is 1. The molecule has 0 fully saturated rings. The molecule has 0 unspecified atom stereocenters. The van der Waals surface area contributed by atoms with Gasteiger partial charge in [0, 0.05) is 18.8 Å². The zero-order chi connectivity index (χ0) is 16.2. The third-order valence-corrected chi connectivity index (χ3v) is 3.62. The topological polar surface area (TPSA) is 56.4 Å². The number of nitrogens with one attached hydrogen (secondary N) is 3. The lowest BCUT2D eigenvalue weighted by molar-refractivity contribution is -0.109. The Kier molecular flexibility index (Phi) is 8.98. The van der Waals surface area contributed by atoms with Crippen LogP contribution in [0.5, 0.6) is 0 Å². The summed E-state index contributed by atoms with van der Waals surface area (Å²) in [6.07, 6.45) is 5.21. The average Bonchev–Trinajstić information content (AvgIpc) is 2.54. The van der Waals surface area contributed by atoms with Gasteiger partial charge in [0.25, 0.3) is 0 Å². The summed E-state index contributed by atoms with van der Waals surface area (Å²) in [5, 5.41) is 4.05. The Bertz CT molecular complexity index is 442. The zero-order valence-electron chi connectivity index (χ0n) is 13.4. The molecule has 0 aromatic heterocycles. The first kappa shape index (κ1) is 18.2. The van der Waals surface area contributed by atoms with E-state index in [1.807, 2.05) is 24.3 Å². The lowest BCUT2D eigenvalue weighted by Gasteiger charge is -2.25. The Morgan fingerprint density at radius 2 is 1.64 bits per heavy atom. The third kappa shape index (κ3) is 6.76. The molecule has 0 radical (unpaired) electrons. The van der Waals surface area contributed by atoms with E-state index in [1.54, 1.807) is 0 Å². The Hall–Kier alpha value is -1.82. The second-order valence-corrected chi connectivity index (χ2v) is 5.48. The number of anilines is 2. The molecule has 122 valence electrons. The number of carbonyl (C=O) groups excluding carboxylic acids is 1. The van der Waals surface area contributed by atoms with Gasteiger partial charge in [-0.1, -0.05) is 26.7 Å².